The summed E-state index contributed by atoms with van der Waals surface area (Å²) in [5, 5.41) is 22.3. The van der Waals surface area contributed by atoms with Gasteiger partial charge in [0.1, 0.15) is 12.2 Å². The summed E-state index contributed by atoms with van der Waals surface area (Å²) in [5.74, 6) is -3.06. The van der Waals surface area contributed by atoms with E-state index >= 15 is 0 Å². The van der Waals surface area contributed by atoms with Crippen molar-refractivity contribution in [1.29, 1.82) is 0 Å². The molecule has 2 fully saturated rings. The van der Waals surface area contributed by atoms with Gasteiger partial charge in [0.2, 0.25) is 0 Å². The van der Waals surface area contributed by atoms with Crippen LogP contribution in [-0.4, -0.2) is 64.4 Å². The number of fused-ring (bicyclic) bond motifs is 4. The topological polar surface area (TPSA) is 136 Å². The Balaban J connectivity index is 2.27. The first-order valence-corrected chi connectivity index (χ1v) is 12.2. The van der Waals surface area contributed by atoms with Crippen molar-refractivity contribution >= 4 is 23.7 Å². The lowest BCUT2D eigenvalue weighted by atomic mass is 9.55. The maximum atomic E-state index is 14.3. The number of ketones is 1. The molecule has 0 aromatic rings. The van der Waals surface area contributed by atoms with E-state index in [-0.39, 0.29) is 19.3 Å². The molecule has 35 heavy (non-hydrogen) atoms. The van der Waals surface area contributed by atoms with Crippen molar-refractivity contribution in [3.8, 4) is 0 Å². The number of ether oxygens (including phenoxy) is 3. The molecule has 4 bridgehead atoms. The molecule has 0 heterocycles. The van der Waals surface area contributed by atoms with Crippen LogP contribution in [0.2, 0.25) is 0 Å². The highest BCUT2D eigenvalue weighted by Gasteiger charge is 2.59. The van der Waals surface area contributed by atoms with E-state index in [1.165, 1.54) is 20.8 Å². The smallest absolute Gasteiger partial charge is 0.303 e. The molecule has 9 nitrogen and oxygen atoms in total. The summed E-state index contributed by atoms with van der Waals surface area (Å²) in [5.41, 5.74) is -0.986. The van der Waals surface area contributed by atoms with Crippen LogP contribution in [0.5, 0.6) is 0 Å². The van der Waals surface area contributed by atoms with Crippen LogP contribution in [0.25, 0.3) is 0 Å². The second kappa shape index (κ2) is 9.65. The predicted octanol–water partition coefficient (Wildman–Crippen LogP) is 2.26. The van der Waals surface area contributed by atoms with Crippen molar-refractivity contribution in [2.45, 2.75) is 105 Å². The summed E-state index contributed by atoms with van der Waals surface area (Å²) in [6.45, 7) is 10.9. The third-order valence-corrected chi connectivity index (χ3v) is 8.37. The lowest BCUT2D eigenvalue weighted by Gasteiger charge is -2.53. The number of aliphatic hydroxyl groups is 2. The van der Waals surface area contributed by atoms with Gasteiger partial charge in [0.15, 0.2) is 11.9 Å². The van der Waals surface area contributed by atoms with Crippen molar-refractivity contribution in [2.24, 2.45) is 22.7 Å². The SMILES string of the molecule is CC(=O)OC1CC2C(O)CC3CC(C)(C(=O)C(OC(C)=O)C(=C1C)C2(C)C)C(OC(C)=O)CC3O. The van der Waals surface area contributed by atoms with Gasteiger partial charge in [-0.3, -0.25) is 19.2 Å². The first-order valence-electron chi connectivity index (χ1n) is 12.2. The summed E-state index contributed by atoms with van der Waals surface area (Å²) >= 11 is 0. The van der Waals surface area contributed by atoms with Crippen LogP contribution in [-0.2, 0) is 33.4 Å². The number of hydrogen-bond donors (Lipinski definition) is 2. The highest BCUT2D eigenvalue weighted by atomic mass is 16.6. The fraction of sp³-hybridized carbons (Fsp3) is 0.769. The third kappa shape index (κ3) is 5.03. The molecule has 3 aliphatic rings. The number of aliphatic hydroxyl groups excluding tert-OH is 2. The van der Waals surface area contributed by atoms with Gasteiger partial charge in [0, 0.05) is 27.2 Å². The average Bonchev–Trinajstić information content (AvgIpc) is 2.70. The first kappa shape index (κ1) is 27.3. The molecule has 0 aromatic carbocycles. The monoisotopic (exact) mass is 494 g/mol. The quantitative estimate of drug-likeness (QED) is 0.344. The second-order valence-corrected chi connectivity index (χ2v) is 11.2. The summed E-state index contributed by atoms with van der Waals surface area (Å²) in [7, 11) is 0. The van der Waals surface area contributed by atoms with Crippen LogP contribution in [0.3, 0.4) is 0 Å². The standard InChI is InChI=1S/C26H38O9/c1-12-20(33-13(2)27)9-17-19(31)8-16-11-26(7,21(10-18(16)30)34-14(3)28)24(32)23(35-15(4)29)22(12)25(17,5)6/h16-21,23,30-31H,8-11H2,1-7H3. The van der Waals surface area contributed by atoms with E-state index in [0.717, 1.165) is 0 Å². The summed E-state index contributed by atoms with van der Waals surface area (Å²) in [4.78, 5) is 50.3. The number of hydrogen-bond acceptors (Lipinski definition) is 9. The molecule has 8 unspecified atom stereocenters. The van der Waals surface area contributed by atoms with Gasteiger partial charge >= 0.3 is 17.9 Å². The number of carbonyl (C=O) groups is 4. The summed E-state index contributed by atoms with van der Waals surface area (Å²) < 4.78 is 16.8. The molecule has 3 aliphatic carbocycles. The van der Waals surface area contributed by atoms with Crippen LogP contribution in [0.1, 0.15) is 74.1 Å². The van der Waals surface area contributed by atoms with E-state index in [9.17, 15) is 29.4 Å². The molecule has 2 N–H and O–H groups in total. The Morgan fingerprint density at radius 1 is 0.857 bits per heavy atom. The van der Waals surface area contributed by atoms with Gasteiger partial charge in [0.05, 0.1) is 17.6 Å². The molecule has 0 saturated heterocycles. The van der Waals surface area contributed by atoms with E-state index in [1.54, 1.807) is 13.8 Å². The van der Waals surface area contributed by atoms with E-state index in [2.05, 4.69) is 0 Å². The Labute approximate surface area is 206 Å². The largest absolute Gasteiger partial charge is 0.461 e. The van der Waals surface area contributed by atoms with Crippen LogP contribution in [0.4, 0.5) is 0 Å². The zero-order valence-electron chi connectivity index (χ0n) is 21.6. The third-order valence-electron chi connectivity index (χ3n) is 8.37. The van der Waals surface area contributed by atoms with Gasteiger partial charge in [-0.15, -0.1) is 0 Å². The Morgan fingerprint density at radius 3 is 1.97 bits per heavy atom. The fourth-order valence-electron chi connectivity index (χ4n) is 6.65. The molecule has 196 valence electrons. The van der Waals surface area contributed by atoms with E-state index in [1.807, 2.05) is 13.8 Å². The van der Waals surface area contributed by atoms with Crippen molar-refractivity contribution in [3.63, 3.8) is 0 Å². The van der Waals surface area contributed by atoms with Crippen LogP contribution >= 0.6 is 0 Å². The van der Waals surface area contributed by atoms with Crippen molar-refractivity contribution in [3.05, 3.63) is 11.1 Å². The average molecular weight is 495 g/mol. The highest BCUT2D eigenvalue weighted by molar-refractivity contribution is 5.94. The molecule has 3 rings (SSSR count). The molecular weight excluding hydrogens is 456 g/mol. The fourth-order valence-corrected chi connectivity index (χ4v) is 6.65. The molecule has 2 saturated carbocycles. The molecule has 0 radical (unpaired) electrons. The minimum Gasteiger partial charge on any atom is -0.461 e. The number of rotatable bonds is 3. The van der Waals surface area contributed by atoms with Gasteiger partial charge in [-0.25, -0.2) is 0 Å². The zero-order valence-corrected chi connectivity index (χ0v) is 21.6. The Bertz CT molecular complexity index is 935. The number of carbonyl (C=O) groups excluding carboxylic acids is 4. The molecule has 0 amide bonds. The minimum absolute atomic E-state index is 0.0359. The van der Waals surface area contributed by atoms with Gasteiger partial charge in [-0.05, 0) is 61.5 Å². The highest BCUT2D eigenvalue weighted by Crippen LogP contribution is 2.54. The van der Waals surface area contributed by atoms with Gasteiger partial charge < -0.3 is 24.4 Å². The number of Topliss-reactive ketones (excluding diaryl/α,β-unsaturated/α-hetero) is 1. The van der Waals surface area contributed by atoms with Crippen LogP contribution in [0.15, 0.2) is 11.1 Å². The van der Waals surface area contributed by atoms with Crippen molar-refractivity contribution < 1.29 is 43.6 Å². The summed E-state index contributed by atoms with van der Waals surface area (Å²) in [6.07, 6.45) is -3.99. The molecule has 0 aromatic heterocycles. The lowest BCUT2D eigenvalue weighted by Crippen LogP contribution is -2.59. The maximum absolute atomic E-state index is 14.3. The molecule has 9 heteroatoms. The zero-order chi connectivity index (χ0) is 26.5. The minimum atomic E-state index is -1.33. The van der Waals surface area contributed by atoms with Crippen molar-refractivity contribution in [1.82, 2.24) is 0 Å². The van der Waals surface area contributed by atoms with E-state index in [4.69, 9.17) is 14.2 Å². The van der Waals surface area contributed by atoms with Gasteiger partial charge in [-0.1, -0.05) is 13.8 Å². The van der Waals surface area contributed by atoms with E-state index in [0.29, 0.717) is 17.6 Å². The molecule has 0 aliphatic heterocycles. The van der Waals surface area contributed by atoms with Crippen LogP contribution in [0, 0.1) is 22.7 Å². The van der Waals surface area contributed by atoms with E-state index < -0.39 is 76.9 Å². The predicted molar refractivity (Wildman–Crippen MR) is 124 cm³/mol. The van der Waals surface area contributed by atoms with Gasteiger partial charge in [-0.2, -0.15) is 0 Å². The lowest BCUT2D eigenvalue weighted by molar-refractivity contribution is -0.179. The number of esters is 3. The Kier molecular flexibility index (Phi) is 7.54. The first-order chi connectivity index (χ1) is 16.1. The van der Waals surface area contributed by atoms with Gasteiger partial charge in [0.25, 0.3) is 0 Å². The normalized spacial score (nSPS) is 38.9. The Hall–Kier alpha value is -2.26. The Morgan fingerprint density at radius 2 is 1.43 bits per heavy atom. The van der Waals surface area contributed by atoms with Crippen molar-refractivity contribution in [2.75, 3.05) is 0 Å². The maximum Gasteiger partial charge on any atom is 0.303 e. The molecule has 8 atom stereocenters. The molecular formula is C26H38O9. The molecule has 0 spiro atoms. The second-order valence-electron chi connectivity index (χ2n) is 11.2. The van der Waals surface area contributed by atoms with Crippen LogP contribution < -0.4 is 0 Å². The summed E-state index contributed by atoms with van der Waals surface area (Å²) in [6, 6.07) is 0.